The number of fused-ring (bicyclic) bond motifs is 2. The number of piperidine rings is 1. The first-order valence-electron chi connectivity index (χ1n) is 9.60. The van der Waals surface area contributed by atoms with E-state index in [-0.39, 0.29) is 5.41 Å². The van der Waals surface area contributed by atoms with Gasteiger partial charge in [0.1, 0.15) is 5.76 Å². The summed E-state index contributed by atoms with van der Waals surface area (Å²) < 4.78 is 5.51. The Morgan fingerprint density at radius 2 is 2.04 bits per heavy atom. The second kappa shape index (κ2) is 6.13. The van der Waals surface area contributed by atoms with E-state index in [1.54, 1.807) is 6.26 Å². The van der Waals surface area contributed by atoms with E-state index in [4.69, 9.17) is 4.42 Å². The van der Waals surface area contributed by atoms with E-state index in [2.05, 4.69) is 22.9 Å². The van der Waals surface area contributed by atoms with E-state index in [1.165, 1.54) is 19.3 Å². The third-order valence-corrected chi connectivity index (χ3v) is 7.17. The molecule has 0 aromatic carbocycles. The molecule has 5 nitrogen and oxygen atoms in total. The smallest absolute Gasteiger partial charge is 0.229 e. The Bertz CT molecular complexity index is 619. The van der Waals surface area contributed by atoms with Gasteiger partial charge in [-0.15, -0.1) is 0 Å². The lowest BCUT2D eigenvalue weighted by Crippen LogP contribution is -2.48. The van der Waals surface area contributed by atoms with Gasteiger partial charge in [-0.25, -0.2) is 0 Å². The number of carbonyl (C=O) groups excluding carboxylic acids is 1. The predicted octanol–water partition coefficient (Wildman–Crippen LogP) is 2.29. The van der Waals surface area contributed by atoms with Crippen LogP contribution < -0.4 is 0 Å². The quantitative estimate of drug-likeness (QED) is 0.843. The number of amides is 1. The Morgan fingerprint density at radius 3 is 2.68 bits per heavy atom. The number of rotatable bonds is 3. The molecule has 2 atom stereocenters. The molecule has 1 aromatic rings. The van der Waals surface area contributed by atoms with Crippen LogP contribution in [0.3, 0.4) is 0 Å². The van der Waals surface area contributed by atoms with Gasteiger partial charge in [-0.3, -0.25) is 9.69 Å². The summed E-state index contributed by atoms with van der Waals surface area (Å²) in [6.07, 6.45) is 6.48. The molecule has 1 saturated carbocycles. The number of nitrogens with zero attached hydrogens (tertiary/aromatic N) is 3. The summed E-state index contributed by atoms with van der Waals surface area (Å²) >= 11 is 0. The normalized spacial score (nSPS) is 32.2. The van der Waals surface area contributed by atoms with Crippen molar-refractivity contribution in [3.63, 3.8) is 0 Å². The van der Waals surface area contributed by atoms with E-state index in [0.717, 1.165) is 44.9 Å². The van der Waals surface area contributed by atoms with Crippen molar-refractivity contribution in [1.29, 1.82) is 0 Å². The average Bonchev–Trinajstić information content (AvgIpc) is 3.27. The minimum absolute atomic E-state index is 0.137. The topological polar surface area (TPSA) is 39.9 Å². The lowest BCUT2D eigenvalue weighted by Gasteiger charge is -2.44. The Hall–Kier alpha value is -1.33. The van der Waals surface area contributed by atoms with Gasteiger partial charge in [-0.1, -0.05) is 0 Å². The van der Waals surface area contributed by atoms with Gasteiger partial charge in [0.15, 0.2) is 0 Å². The summed E-state index contributed by atoms with van der Waals surface area (Å²) in [5.74, 6) is 1.93. The fraction of sp³-hybridized carbons (Fsp3) is 0.750. The van der Waals surface area contributed by atoms with Crippen molar-refractivity contribution >= 4 is 5.91 Å². The largest absolute Gasteiger partial charge is 0.468 e. The highest BCUT2D eigenvalue weighted by Crippen LogP contribution is 2.62. The molecular formula is C20H31N3O2. The molecule has 1 aliphatic carbocycles. The van der Waals surface area contributed by atoms with Crippen molar-refractivity contribution in [1.82, 2.24) is 14.7 Å². The molecule has 1 amide bonds. The van der Waals surface area contributed by atoms with Gasteiger partial charge >= 0.3 is 0 Å². The third kappa shape index (κ3) is 2.72. The van der Waals surface area contributed by atoms with Crippen LogP contribution in [0.5, 0.6) is 0 Å². The lowest BCUT2D eigenvalue weighted by atomic mass is 9.65. The van der Waals surface area contributed by atoms with Crippen molar-refractivity contribution in [3.05, 3.63) is 24.2 Å². The average molecular weight is 345 g/mol. The summed E-state index contributed by atoms with van der Waals surface area (Å²) in [6, 6.07) is 4.03. The molecule has 2 aliphatic heterocycles. The minimum Gasteiger partial charge on any atom is -0.468 e. The fourth-order valence-corrected chi connectivity index (χ4v) is 5.97. The van der Waals surface area contributed by atoms with Gasteiger partial charge in [0, 0.05) is 27.2 Å². The highest BCUT2D eigenvalue weighted by molar-refractivity contribution is 5.84. The molecule has 1 spiro atoms. The fourth-order valence-electron chi connectivity index (χ4n) is 5.97. The lowest BCUT2D eigenvalue weighted by molar-refractivity contribution is -0.141. The number of hydrogen-bond acceptors (Lipinski definition) is 4. The monoisotopic (exact) mass is 345 g/mol. The van der Waals surface area contributed by atoms with Gasteiger partial charge in [0.25, 0.3) is 0 Å². The Kier molecular flexibility index (Phi) is 4.19. The van der Waals surface area contributed by atoms with Crippen LogP contribution in [0, 0.1) is 16.7 Å². The van der Waals surface area contributed by atoms with Gasteiger partial charge in [-0.05, 0) is 69.3 Å². The number of carbonyl (C=O) groups is 1. The van der Waals surface area contributed by atoms with Crippen LogP contribution in [0.1, 0.15) is 31.4 Å². The Labute approximate surface area is 150 Å². The maximum Gasteiger partial charge on any atom is 0.229 e. The molecule has 0 bridgehead atoms. The Balaban J connectivity index is 1.49. The summed E-state index contributed by atoms with van der Waals surface area (Å²) in [5, 5.41) is 0. The number of furan rings is 1. The highest BCUT2D eigenvalue weighted by Gasteiger charge is 2.63. The minimum atomic E-state index is -0.137. The standard InChI is InChI=1S/C20H31N3O2/c1-21(2)18(24)20-7-6-19(17(20)14-22(3)15-20)8-10-23(11-9-19)13-16-5-4-12-25-16/h4-5,12,17H,6-11,13-15H2,1-3H3/t17-,20+/m0/s1. The molecule has 0 N–H and O–H groups in total. The Morgan fingerprint density at radius 1 is 1.28 bits per heavy atom. The maximum atomic E-state index is 13.1. The van der Waals surface area contributed by atoms with Crippen molar-refractivity contribution in [2.75, 3.05) is 47.3 Å². The van der Waals surface area contributed by atoms with Crippen LogP contribution in [0.25, 0.3) is 0 Å². The van der Waals surface area contributed by atoms with E-state index in [1.807, 2.05) is 25.1 Å². The molecule has 0 unspecified atom stereocenters. The van der Waals surface area contributed by atoms with Crippen molar-refractivity contribution in [2.45, 2.75) is 32.2 Å². The van der Waals surface area contributed by atoms with Crippen LogP contribution in [0.4, 0.5) is 0 Å². The zero-order valence-electron chi connectivity index (χ0n) is 15.8. The van der Waals surface area contributed by atoms with E-state index < -0.39 is 0 Å². The van der Waals surface area contributed by atoms with Crippen LogP contribution in [0.15, 0.2) is 22.8 Å². The summed E-state index contributed by atoms with van der Waals surface area (Å²) in [7, 11) is 6.02. The first-order valence-corrected chi connectivity index (χ1v) is 9.60. The molecular weight excluding hydrogens is 314 g/mol. The first kappa shape index (κ1) is 17.1. The van der Waals surface area contributed by atoms with Crippen LogP contribution in [0.2, 0.25) is 0 Å². The SMILES string of the molecule is CN1C[C@H]2C3(CCN(Cc4ccco4)CC3)CC[C@@]2(C(=O)N(C)C)C1. The van der Waals surface area contributed by atoms with Crippen LogP contribution in [-0.2, 0) is 11.3 Å². The second-order valence-corrected chi connectivity index (χ2v) is 8.82. The molecule has 2 saturated heterocycles. The zero-order chi connectivity index (χ0) is 17.7. The van der Waals surface area contributed by atoms with Gasteiger partial charge in [-0.2, -0.15) is 0 Å². The number of likely N-dealkylation sites (tertiary alicyclic amines) is 2. The predicted molar refractivity (Wildman–Crippen MR) is 97.0 cm³/mol. The molecule has 3 heterocycles. The summed E-state index contributed by atoms with van der Waals surface area (Å²) in [5.41, 5.74) is 0.220. The van der Waals surface area contributed by atoms with Gasteiger partial charge in [0.05, 0.1) is 18.2 Å². The van der Waals surface area contributed by atoms with Crippen molar-refractivity contribution in [3.8, 4) is 0 Å². The number of hydrogen-bond donors (Lipinski definition) is 0. The van der Waals surface area contributed by atoms with E-state index in [9.17, 15) is 4.79 Å². The highest BCUT2D eigenvalue weighted by atomic mass is 16.3. The van der Waals surface area contributed by atoms with Crippen molar-refractivity contribution < 1.29 is 9.21 Å². The van der Waals surface area contributed by atoms with Gasteiger partial charge < -0.3 is 14.2 Å². The van der Waals surface area contributed by atoms with Crippen LogP contribution >= 0.6 is 0 Å². The van der Waals surface area contributed by atoms with Crippen molar-refractivity contribution in [2.24, 2.45) is 16.7 Å². The molecule has 4 rings (SSSR count). The van der Waals surface area contributed by atoms with E-state index >= 15 is 0 Å². The molecule has 5 heteroatoms. The molecule has 138 valence electrons. The molecule has 25 heavy (non-hydrogen) atoms. The van der Waals surface area contributed by atoms with Crippen LogP contribution in [-0.4, -0.2) is 67.9 Å². The summed E-state index contributed by atoms with van der Waals surface area (Å²) in [4.78, 5) is 19.8. The first-order chi connectivity index (χ1) is 12.0. The third-order valence-electron chi connectivity index (χ3n) is 7.17. The maximum absolute atomic E-state index is 13.1. The molecule has 3 fully saturated rings. The zero-order valence-corrected chi connectivity index (χ0v) is 15.8. The molecule has 0 radical (unpaired) electrons. The van der Waals surface area contributed by atoms with E-state index in [0.29, 0.717) is 17.2 Å². The summed E-state index contributed by atoms with van der Waals surface area (Å²) in [6.45, 7) is 5.17. The second-order valence-electron chi connectivity index (χ2n) is 8.82. The molecule has 1 aromatic heterocycles. The molecule has 3 aliphatic rings. The van der Waals surface area contributed by atoms with Gasteiger partial charge in [0.2, 0.25) is 5.91 Å².